The molecule has 1 N–H and O–H groups in total. The van der Waals surface area contributed by atoms with Crippen molar-refractivity contribution in [3.05, 3.63) is 64.5 Å². The first-order chi connectivity index (χ1) is 16.2. The second-order valence-electron chi connectivity index (χ2n) is 9.25. The zero-order valence-electron chi connectivity index (χ0n) is 18.9. The Morgan fingerprint density at radius 2 is 1.82 bits per heavy atom. The van der Waals surface area contributed by atoms with E-state index in [0.717, 1.165) is 36.1 Å². The molecule has 8 heteroatoms. The van der Waals surface area contributed by atoms with Crippen molar-refractivity contribution in [2.75, 3.05) is 11.9 Å². The van der Waals surface area contributed by atoms with Crippen molar-refractivity contribution in [3.8, 4) is 0 Å². The molecule has 0 bridgehead atoms. The van der Waals surface area contributed by atoms with Crippen molar-refractivity contribution in [3.63, 3.8) is 0 Å². The summed E-state index contributed by atoms with van der Waals surface area (Å²) in [6.45, 7) is 1.07. The predicted octanol–water partition coefficient (Wildman–Crippen LogP) is 5.88. The molecule has 0 saturated heterocycles. The highest BCUT2D eigenvalue weighted by Crippen LogP contribution is 2.32. The Bertz CT molecular complexity index is 1060. The average molecular weight is 477 g/mol. The minimum atomic E-state index is -4.78. The van der Waals surface area contributed by atoms with Crippen LogP contribution in [0.2, 0.25) is 0 Å². The summed E-state index contributed by atoms with van der Waals surface area (Å²) in [6, 6.07) is 8.03. The number of rotatable bonds is 5. The predicted molar refractivity (Wildman–Crippen MR) is 120 cm³/mol. The fourth-order valence-corrected chi connectivity index (χ4v) is 4.99. The van der Waals surface area contributed by atoms with Gasteiger partial charge in [0, 0.05) is 25.2 Å². The summed E-state index contributed by atoms with van der Waals surface area (Å²) in [4.78, 5) is 27.2. The van der Waals surface area contributed by atoms with E-state index in [1.807, 2.05) is 11.0 Å². The molecule has 1 saturated carbocycles. The summed E-state index contributed by atoms with van der Waals surface area (Å²) in [5.41, 5.74) is 1.36. The second kappa shape index (κ2) is 10.2. The quantitative estimate of drug-likeness (QED) is 0.548. The molecule has 0 unspecified atom stereocenters. The van der Waals surface area contributed by atoms with Crippen LogP contribution in [0.3, 0.4) is 0 Å². The maximum atomic E-state index is 13.8. The Balaban J connectivity index is 1.38. The van der Waals surface area contributed by atoms with Gasteiger partial charge in [-0.05, 0) is 60.1 Å². The van der Waals surface area contributed by atoms with E-state index in [0.29, 0.717) is 43.6 Å². The maximum absolute atomic E-state index is 13.8. The molecule has 1 heterocycles. The van der Waals surface area contributed by atoms with E-state index in [4.69, 9.17) is 0 Å². The minimum Gasteiger partial charge on any atom is -0.338 e. The zero-order chi connectivity index (χ0) is 24.3. The molecular formula is C26H28F4N2O2. The third-order valence-electron chi connectivity index (χ3n) is 6.78. The molecule has 34 heavy (non-hydrogen) atoms. The Hall–Kier alpha value is -2.90. The van der Waals surface area contributed by atoms with Crippen LogP contribution >= 0.6 is 0 Å². The van der Waals surface area contributed by atoms with Gasteiger partial charge < -0.3 is 10.2 Å². The van der Waals surface area contributed by atoms with Gasteiger partial charge in [0.05, 0.1) is 12.0 Å². The Morgan fingerprint density at radius 1 is 1.06 bits per heavy atom. The van der Waals surface area contributed by atoms with E-state index >= 15 is 0 Å². The number of amides is 2. The molecule has 1 aliphatic heterocycles. The first-order valence-corrected chi connectivity index (χ1v) is 11.7. The van der Waals surface area contributed by atoms with Gasteiger partial charge in [0.25, 0.3) is 0 Å². The van der Waals surface area contributed by atoms with Crippen LogP contribution in [0.4, 0.5) is 23.2 Å². The highest BCUT2D eigenvalue weighted by Gasteiger charge is 2.34. The molecule has 0 radical (unpaired) electrons. The topological polar surface area (TPSA) is 49.4 Å². The van der Waals surface area contributed by atoms with Gasteiger partial charge in [-0.3, -0.25) is 9.59 Å². The lowest BCUT2D eigenvalue weighted by atomic mass is 9.86. The summed E-state index contributed by atoms with van der Waals surface area (Å²) in [6.07, 6.45) is 2.07. The molecule has 4 nitrogen and oxygen atoms in total. The average Bonchev–Trinajstić information content (AvgIpc) is 2.78. The van der Waals surface area contributed by atoms with E-state index in [-0.39, 0.29) is 17.9 Å². The van der Waals surface area contributed by atoms with Crippen molar-refractivity contribution in [2.45, 2.75) is 64.1 Å². The molecule has 182 valence electrons. The number of alkyl halides is 3. The molecule has 2 aromatic carbocycles. The molecule has 0 atom stereocenters. The summed E-state index contributed by atoms with van der Waals surface area (Å²) < 4.78 is 52.0. The Morgan fingerprint density at radius 3 is 2.53 bits per heavy atom. The molecule has 0 aromatic heterocycles. The van der Waals surface area contributed by atoms with Crippen molar-refractivity contribution in [1.29, 1.82) is 0 Å². The Kier molecular flexibility index (Phi) is 7.24. The third kappa shape index (κ3) is 5.77. The summed E-state index contributed by atoms with van der Waals surface area (Å²) in [5.74, 6) is -1.18. The van der Waals surface area contributed by atoms with Crippen LogP contribution in [0.1, 0.15) is 60.8 Å². The van der Waals surface area contributed by atoms with Crippen LogP contribution in [0.5, 0.6) is 0 Å². The molecule has 2 amide bonds. The number of benzene rings is 2. The molecular weight excluding hydrogens is 448 g/mol. The number of nitrogens with one attached hydrogen (secondary N) is 1. The van der Waals surface area contributed by atoms with Gasteiger partial charge in [-0.15, -0.1) is 0 Å². The van der Waals surface area contributed by atoms with E-state index in [2.05, 4.69) is 5.32 Å². The third-order valence-corrected chi connectivity index (χ3v) is 6.78. The van der Waals surface area contributed by atoms with Crippen molar-refractivity contribution in [2.24, 2.45) is 5.92 Å². The van der Waals surface area contributed by atoms with Gasteiger partial charge in [-0.25, -0.2) is 4.39 Å². The van der Waals surface area contributed by atoms with Gasteiger partial charge in [0.15, 0.2) is 0 Å². The number of anilines is 1. The zero-order valence-corrected chi connectivity index (χ0v) is 18.9. The normalized spacial score (nSPS) is 16.8. The van der Waals surface area contributed by atoms with Crippen LogP contribution in [-0.2, 0) is 35.2 Å². The fraction of sp³-hybridized carbons (Fsp3) is 0.462. The van der Waals surface area contributed by atoms with Gasteiger partial charge >= 0.3 is 6.18 Å². The number of hydrogen-bond donors (Lipinski definition) is 1. The molecule has 1 fully saturated rings. The molecule has 2 aromatic rings. The SMILES string of the molecule is O=C(Cc1ccc(C(F)(F)F)c(F)c1)Nc1cccc2c1CCN(C(=O)CC1CCCCC1)C2. The number of carbonyl (C=O) groups excluding carboxylic acids is 2. The standard InChI is InChI=1S/C26H28F4N2O2/c27-22-13-18(9-10-21(22)26(28,29)30)14-24(33)31-23-8-4-7-19-16-32(12-11-20(19)23)25(34)15-17-5-2-1-3-6-17/h4,7-10,13,17H,1-3,5-6,11-12,14-16H2,(H,31,33). The number of hydrogen-bond acceptors (Lipinski definition) is 2. The van der Waals surface area contributed by atoms with Crippen LogP contribution in [0.25, 0.3) is 0 Å². The molecule has 2 aliphatic rings. The largest absolute Gasteiger partial charge is 0.419 e. The number of halogens is 4. The van der Waals surface area contributed by atoms with E-state index in [9.17, 15) is 27.2 Å². The van der Waals surface area contributed by atoms with Gasteiger partial charge in [0.2, 0.25) is 11.8 Å². The summed E-state index contributed by atoms with van der Waals surface area (Å²) in [5, 5.41) is 2.81. The maximum Gasteiger partial charge on any atom is 0.419 e. The lowest BCUT2D eigenvalue weighted by molar-refractivity contribution is -0.140. The first kappa shape index (κ1) is 24.2. The summed E-state index contributed by atoms with van der Waals surface area (Å²) >= 11 is 0. The van der Waals surface area contributed by atoms with Gasteiger partial charge in [0.1, 0.15) is 5.82 Å². The Labute approximate surface area is 196 Å². The van der Waals surface area contributed by atoms with Crippen molar-refractivity contribution >= 4 is 17.5 Å². The van der Waals surface area contributed by atoms with E-state index < -0.39 is 23.5 Å². The lowest BCUT2D eigenvalue weighted by Crippen LogP contribution is -2.37. The van der Waals surface area contributed by atoms with Crippen LogP contribution in [0.15, 0.2) is 36.4 Å². The number of nitrogens with zero attached hydrogens (tertiary/aromatic N) is 1. The molecule has 4 rings (SSSR count). The van der Waals surface area contributed by atoms with Crippen molar-refractivity contribution < 1.29 is 27.2 Å². The highest BCUT2D eigenvalue weighted by atomic mass is 19.4. The smallest absolute Gasteiger partial charge is 0.338 e. The van der Waals surface area contributed by atoms with Crippen molar-refractivity contribution in [1.82, 2.24) is 4.90 Å². The fourth-order valence-electron chi connectivity index (χ4n) is 4.99. The van der Waals surface area contributed by atoms with E-state index in [1.165, 1.54) is 19.3 Å². The van der Waals surface area contributed by atoms with Gasteiger partial charge in [-0.2, -0.15) is 13.2 Å². The van der Waals surface area contributed by atoms with E-state index in [1.54, 1.807) is 12.1 Å². The molecule has 1 aliphatic carbocycles. The first-order valence-electron chi connectivity index (χ1n) is 11.7. The monoisotopic (exact) mass is 476 g/mol. The molecule has 0 spiro atoms. The summed E-state index contributed by atoms with van der Waals surface area (Å²) in [7, 11) is 0. The number of carbonyl (C=O) groups is 2. The minimum absolute atomic E-state index is 0.160. The lowest BCUT2D eigenvalue weighted by Gasteiger charge is -2.32. The van der Waals surface area contributed by atoms with Crippen LogP contribution in [0, 0.1) is 11.7 Å². The highest BCUT2D eigenvalue weighted by molar-refractivity contribution is 5.93. The second-order valence-corrected chi connectivity index (χ2v) is 9.25. The van der Waals surface area contributed by atoms with Crippen LogP contribution in [-0.4, -0.2) is 23.3 Å². The van der Waals surface area contributed by atoms with Crippen LogP contribution < -0.4 is 5.32 Å². The van der Waals surface area contributed by atoms with Gasteiger partial charge in [-0.1, -0.05) is 37.5 Å². The number of fused-ring (bicyclic) bond motifs is 1.